The molecule has 1 N–H and O–H groups in total. The monoisotopic (exact) mass is 228 g/mol. The Hall–Kier alpha value is -0.120. The lowest BCUT2D eigenvalue weighted by Crippen LogP contribution is -2.47. The standard InChI is InChI=1S/C13H28N2O/c1-5-13(11(2)3)14-6-7-15-8-9-16-10-12(15)4/h11-14H,5-10H2,1-4H3. The number of nitrogens with one attached hydrogen (secondary N) is 1. The highest BCUT2D eigenvalue weighted by molar-refractivity contribution is 4.74. The number of morpholine rings is 1. The van der Waals surface area contributed by atoms with Gasteiger partial charge in [0, 0.05) is 31.7 Å². The number of rotatable bonds is 6. The fraction of sp³-hybridized carbons (Fsp3) is 1.00. The van der Waals surface area contributed by atoms with Crippen LogP contribution in [0.4, 0.5) is 0 Å². The van der Waals surface area contributed by atoms with Crippen LogP contribution in [0.1, 0.15) is 34.1 Å². The van der Waals surface area contributed by atoms with E-state index in [1.165, 1.54) is 6.42 Å². The maximum atomic E-state index is 5.44. The molecule has 0 amide bonds. The van der Waals surface area contributed by atoms with Gasteiger partial charge in [-0.05, 0) is 19.3 Å². The van der Waals surface area contributed by atoms with E-state index >= 15 is 0 Å². The molecule has 0 aromatic carbocycles. The van der Waals surface area contributed by atoms with Crippen LogP contribution in [0.3, 0.4) is 0 Å². The Morgan fingerprint density at radius 3 is 2.75 bits per heavy atom. The van der Waals surface area contributed by atoms with Crippen LogP contribution < -0.4 is 5.32 Å². The second-order valence-electron chi connectivity index (χ2n) is 5.17. The summed E-state index contributed by atoms with van der Waals surface area (Å²) in [4.78, 5) is 2.52. The summed E-state index contributed by atoms with van der Waals surface area (Å²) in [5.41, 5.74) is 0. The van der Waals surface area contributed by atoms with Crippen LogP contribution in [0.5, 0.6) is 0 Å². The predicted molar refractivity (Wildman–Crippen MR) is 68.8 cm³/mol. The molecule has 0 bridgehead atoms. The Labute approximate surface area is 101 Å². The zero-order valence-corrected chi connectivity index (χ0v) is 11.3. The van der Waals surface area contributed by atoms with Gasteiger partial charge >= 0.3 is 0 Å². The lowest BCUT2D eigenvalue weighted by atomic mass is 10.0. The largest absolute Gasteiger partial charge is 0.379 e. The third-order valence-electron chi connectivity index (χ3n) is 3.56. The Morgan fingerprint density at radius 2 is 2.19 bits per heavy atom. The molecule has 0 saturated carbocycles. The molecule has 1 fully saturated rings. The van der Waals surface area contributed by atoms with Crippen molar-refractivity contribution in [3.8, 4) is 0 Å². The quantitative estimate of drug-likeness (QED) is 0.749. The molecule has 2 unspecified atom stereocenters. The Balaban J connectivity index is 2.18. The Morgan fingerprint density at radius 1 is 1.44 bits per heavy atom. The third-order valence-corrected chi connectivity index (χ3v) is 3.56. The summed E-state index contributed by atoms with van der Waals surface area (Å²) in [6.07, 6.45) is 1.22. The highest BCUT2D eigenvalue weighted by Gasteiger charge is 2.18. The zero-order chi connectivity index (χ0) is 12.0. The van der Waals surface area contributed by atoms with Crippen LogP contribution >= 0.6 is 0 Å². The van der Waals surface area contributed by atoms with E-state index in [1.54, 1.807) is 0 Å². The van der Waals surface area contributed by atoms with E-state index in [2.05, 4.69) is 37.9 Å². The molecular formula is C13H28N2O. The number of nitrogens with zero attached hydrogens (tertiary/aromatic N) is 1. The van der Waals surface area contributed by atoms with Crippen molar-refractivity contribution in [3.05, 3.63) is 0 Å². The van der Waals surface area contributed by atoms with E-state index in [9.17, 15) is 0 Å². The van der Waals surface area contributed by atoms with Gasteiger partial charge in [0.1, 0.15) is 0 Å². The summed E-state index contributed by atoms with van der Waals surface area (Å²) < 4.78 is 5.44. The highest BCUT2D eigenvalue weighted by atomic mass is 16.5. The maximum Gasteiger partial charge on any atom is 0.0619 e. The molecule has 1 aliphatic rings. The van der Waals surface area contributed by atoms with E-state index in [0.29, 0.717) is 12.1 Å². The van der Waals surface area contributed by atoms with Crippen molar-refractivity contribution in [2.24, 2.45) is 5.92 Å². The van der Waals surface area contributed by atoms with Gasteiger partial charge in [-0.15, -0.1) is 0 Å². The molecule has 0 aromatic heterocycles. The summed E-state index contributed by atoms with van der Waals surface area (Å²) in [6.45, 7) is 14.2. The van der Waals surface area contributed by atoms with E-state index in [-0.39, 0.29) is 0 Å². The molecule has 96 valence electrons. The number of hydrogen-bond donors (Lipinski definition) is 1. The third kappa shape index (κ3) is 4.40. The first-order valence-electron chi connectivity index (χ1n) is 6.70. The summed E-state index contributed by atoms with van der Waals surface area (Å²) in [5, 5.41) is 3.65. The molecule has 16 heavy (non-hydrogen) atoms. The summed E-state index contributed by atoms with van der Waals surface area (Å²) >= 11 is 0. The maximum absolute atomic E-state index is 5.44. The van der Waals surface area contributed by atoms with E-state index < -0.39 is 0 Å². The molecule has 1 saturated heterocycles. The van der Waals surface area contributed by atoms with Crippen LogP contribution in [0.15, 0.2) is 0 Å². The average Bonchev–Trinajstić information content (AvgIpc) is 2.26. The first-order chi connectivity index (χ1) is 7.65. The molecule has 3 nitrogen and oxygen atoms in total. The van der Waals surface area contributed by atoms with Crippen LogP contribution in [0, 0.1) is 5.92 Å². The molecule has 1 rings (SSSR count). The van der Waals surface area contributed by atoms with Crippen molar-refractivity contribution >= 4 is 0 Å². The Bertz CT molecular complexity index is 185. The van der Waals surface area contributed by atoms with Crippen LogP contribution in [-0.4, -0.2) is 49.8 Å². The van der Waals surface area contributed by atoms with Gasteiger partial charge < -0.3 is 10.1 Å². The number of hydrogen-bond acceptors (Lipinski definition) is 3. The molecule has 0 aromatic rings. The smallest absolute Gasteiger partial charge is 0.0619 e. The van der Waals surface area contributed by atoms with Gasteiger partial charge in [-0.3, -0.25) is 4.90 Å². The molecule has 0 radical (unpaired) electrons. The fourth-order valence-electron chi connectivity index (χ4n) is 2.34. The van der Waals surface area contributed by atoms with Crippen molar-refractivity contribution in [1.29, 1.82) is 0 Å². The van der Waals surface area contributed by atoms with E-state index in [0.717, 1.165) is 38.8 Å². The van der Waals surface area contributed by atoms with Crippen molar-refractivity contribution in [3.63, 3.8) is 0 Å². The minimum absolute atomic E-state index is 0.578. The SMILES string of the molecule is CCC(NCCN1CCOCC1C)C(C)C. The second kappa shape index (κ2) is 7.25. The van der Waals surface area contributed by atoms with Crippen molar-refractivity contribution < 1.29 is 4.74 Å². The number of ether oxygens (including phenoxy) is 1. The lowest BCUT2D eigenvalue weighted by molar-refractivity contribution is -0.00000153. The second-order valence-corrected chi connectivity index (χ2v) is 5.17. The molecule has 1 heterocycles. The zero-order valence-electron chi connectivity index (χ0n) is 11.3. The summed E-state index contributed by atoms with van der Waals surface area (Å²) in [7, 11) is 0. The van der Waals surface area contributed by atoms with Crippen molar-refractivity contribution in [1.82, 2.24) is 10.2 Å². The van der Waals surface area contributed by atoms with E-state index in [4.69, 9.17) is 4.74 Å². The van der Waals surface area contributed by atoms with Gasteiger partial charge in [0.25, 0.3) is 0 Å². The average molecular weight is 228 g/mol. The predicted octanol–water partition coefficient (Wildman–Crippen LogP) is 1.73. The van der Waals surface area contributed by atoms with Gasteiger partial charge in [0.05, 0.1) is 13.2 Å². The van der Waals surface area contributed by atoms with E-state index in [1.807, 2.05) is 0 Å². The van der Waals surface area contributed by atoms with Crippen molar-refractivity contribution in [2.45, 2.75) is 46.2 Å². The molecule has 2 atom stereocenters. The molecule has 0 spiro atoms. The first kappa shape index (κ1) is 13.9. The molecule has 1 aliphatic heterocycles. The van der Waals surface area contributed by atoms with Gasteiger partial charge in [-0.2, -0.15) is 0 Å². The molecular weight excluding hydrogens is 200 g/mol. The van der Waals surface area contributed by atoms with Crippen LogP contribution in [-0.2, 0) is 4.74 Å². The van der Waals surface area contributed by atoms with Crippen molar-refractivity contribution in [2.75, 3.05) is 32.8 Å². The van der Waals surface area contributed by atoms with Gasteiger partial charge in [0.15, 0.2) is 0 Å². The topological polar surface area (TPSA) is 24.5 Å². The molecule has 3 heteroatoms. The van der Waals surface area contributed by atoms with Gasteiger partial charge in [0.2, 0.25) is 0 Å². The minimum atomic E-state index is 0.578. The van der Waals surface area contributed by atoms with Gasteiger partial charge in [-0.25, -0.2) is 0 Å². The first-order valence-corrected chi connectivity index (χ1v) is 6.70. The summed E-state index contributed by atoms with van der Waals surface area (Å²) in [6, 6.07) is 1.24. The summed E-state index contributed by atoms with van der Waals surface area (Å²) in [5.74, 6) is 0.729. The van der Waals surface area contributed by atoms with Gasteiger partial charge in [-0.1, -0.05) is 20.8 Å². The van der Waals surface area contributed by atoms with Crippen LogP contribution in [0.25, 0.3) is 0 Å². The normalized spacial score (nSPS) is 24.9. The Kier molecular flexibility index (Phi) is 6.32. The fourth-order valence-corrected chi connectivity index (χ4v) is 2.34. The minimum Gasteiger partial charge on any atom is -0.379 e. The lowest BCUT2D eigenvalue weighted by Gasteiger charge is -2.34. The van der Waals surface area contributed by atoms with Crippen LogP contribution in [0.2, 0.25) is 0 Å². The molecule has 0 aliphatic carbocycles. The highest BCUT2D eigenvalue weighted by Crippen LogP contribution is 2.07.